The third kappa shape index (κ3) is 3.30. The third-order valence-electron chi connectivity index (χ3n) is 3.69. The van der Waals surface area contributed by atoms with Crippen molar-refractivity contribution in [2.75, 3.05) is 19.5 Å². The van der Waals surface area contributed by atoms with Gasteiger partial charge in [0.05, 0.1) is 25.2 Å². The van der Waals surface area contributed by atoms with Gasteiger partial charge in [0.25, 0.3) is 0 Å². The molecular formula is C16H15F3N4O2. The van der Waals surface area contributed by atoms with E-state index in [0.29, 0.717) is 11.5 Å². The van der Waals surface area contributed by atoms with Crippen LogP contribution in [0.15, 0.2) is 30.6 Å². The average molecular weight is 352 g/mol. The Bertz CT molecular complexity index is 870. The van der Waals surface area contributed by atoms with Gasteiger partial charge in [0.1, 0.15) is 35.0 Å². The second-order valence-electron chi connectivity index (χ2n) is 5.16. The zero-order valence-corrected chi connectivity index (χ0v) is 13.4. The van der Waals surface area contributed by atoms with Gasteiger partial charge in [0, 0.05) is 6.54 Å². The molecule has 0 amide bonds. The Morgan fingerprint density at radius 3 is 2.40 bits per heavy atom. The van der Waals surface area contributed by atoms with E-state index in [1.807, 2.05) is 0 Å². The fourth-order valence-electron chi connectivity index (χ4n) is 2.51. The number of nitrogens with zero attached hydrogens (tertiary/aromatic N) is 2. The molecule has 0 saturated heterocycles. The molecule has 1 aromatic carbocycles. The van der Waals surface area contributed by atoms with Crippen LogP contribution < -0.4 is 14.8 Å². The van der Waals surface area contributed by atoms with Gasteiger partial charge in [-0.3, -0.25) is 0 Å². The fraction of sp³-hybridized carbons (Fsp3) is 0.250. The number of nitrogens with one attached hydrogen (secondary N) is 2. The maximum absolute atomic E-state index is 12.9. The maximum Gasteiger partial charge on any atom is 0.431 e. The summed E-state index contributed by atoms with van der Waals surface area (Å²) in [7, 11) is 3.06. The number of hydrogen-bond acceptors (Lipinski definition) is 5. The third-order valence-corrected chi connectivity index (χ3v) is 3.69. The van der Waals surface area contributed by atoms with Crippen molar-refractivity contribution in [1.29, 1.82) is 0 Å². The van der Waals surface area contributed by atoms with Gasteiger partial charge in [-0.15, -0.1) is 0 Å². The highest BCUT2D eigenvalue weighted by atomic mass is 19.4. The van der Waals surface area contributed by atoms with Crippen LogP contribution in [0, 0.1) is 0 Å². The number of hydrogen-bond donors (Lipinski definition) is 2. The van der Waals surface area contributed by atoms with E-state index in [2.05, 4.69) is 20.3 Å². The molecule has 0 aliphatic heterocycles. The Balaban J connectivity index is 1.93. The molecule has 9 heteroatoms. The van der Waals surface area contributed by atoms with E-state index >= 15 is 0 Å². The number of benzene rings is 1. The van der Waals surface area contributed by atoms with E-state index in [-0.39, 0.29) is 23.4 Å². The normalized spacial score (nSPS) is 11.6. The minimum atomic E-state index is -4.48. The van der Waals surface area contributed by atoms with Crippen LogP contribution in [0.25, 0.3) is 11.0 Å². The Kier molecular flexibility index (Phi) is 4.39. The lowest BCUT2D eigenvalue weighted by Crippen LogP contribution is -2.05. The second kappa shape index (κ2) is 6.50. The van der Waals surface area contributed by atoms with Gasteiger partial charge >= 0.3 is 6.18 Å². The number of rotatable bonds is 5. The largest absolute Gasteiger partial charge is 0.496 e. The van der Waals surface area contributed by atoms with Crippen LogP contribution in [0.4, 0.5) is 19.0 Å². The number of ether oxygens (including phenoxy) is 2. The first kappa shape index (κ1) is 16.9. The number of alkyl halides is 3. The summed E-state index contributed by atoms with van der Waals surface area (Å²) in [5.74, 6) is 1.48. The molecule has 132 valence electrons. The standard InChI is InChI=1S/C16H15F3N4O2/c1-24-11-4-3-5-12(25-2)10(11)7-20-14-9-6-13(16(17,18)19)23-15(9)22-8-21-14/h3-6,8H,7H2,1-2H3,(H2,20,21,22,23). The monoisotopic (exact) mass is 352 g/mol. The maximum atomic E-state index is 12.9. The first-order chi connectivity index (χ1) is 11.9. The van der Waals surface area contributed by atoms with E-state index in [9.17, 15) is 13.2 Å². The molecule has 0 bridgehead atoms. The summed E-state index contributed by atoms with van der Waals surface area (Å²) >= 11 is 0. The summed E-state index contributed by atoms with van der Waals surface area (Å²) in [5.41, 5.74) is -0.0384. The molecule has 0 radical (unpaired) electrons. The van der Waals surface area contributed by atoms with Crippen LogP contribution in [-0.2, 0) is 12.7 Å². The number of methoxy groups -OCH3 is 2. The molecule has 3 aromatic rings. The quantitative estimate of drug-likeness (QED) is 0.734. The van der Waals surface area contributed by atoms with Crippen molar-refractivity contribution in [2.24, 2.45) is 0 Å². The van der Waals surface area contributed by atoms with E-state index in [1.165, 1.54) is 20.5 Å². The van der Waals surface area contributed by atoms with Gasteiger partial charge in [0.2, 0.25) is 0 Å². The fourth-order valence-corrected chi connectivity index (χ4v) is 2.51. The number of aromatic amines is 1. The molecule has 2 heterocycles. The Morgan fingerprint density at radius 1 is 1.12 bits per heavy atom. The molecular weight excluding hydrogens is 337 g/mol. The highest BCUT2D eigenvalue weighted by Crippen LogP contribution is 2.33. The lowest BCUT2D eigenvalue weighted by Gasteiger charge is -2.14. The number of anilines is 1. The number of halogens is 3. The molecule has 0 fully saturated rings. The molecule has 0 atom stereocenters. The number of fused-ring (bicyclic) bond motifs is 1. The van der Waals surface area contributed by atoms with Crippen LogP contribution in [0.5, 0.6) is 11.5 Å². The Hall–Kier alpha value is -2.97. The predicted molar refractivity (Wildman–Crippen MR) is 85.8 cm³/mol. The molecule has 0 saturated carbocycles. The summed E-state index contributed by atoms with van der Waals surface area (Å²) in [6.45, 7) is 0.256. The van der Waals surface area contributed by atoms with Gasteiger partial charge < -0.3 is 19.8 Å². The molecule has 2 aromatic heterocycles. The number of aromatic nitrogens is 3. The van der Waals surface area contributed by atoms with Crippen molar-refractivity contribution < 1.29 is 22.6 Å². The summed E-state index contributed by atoms with van der Waals surface area (Å²) in [6.07, 6.45) is -3.29. The van der Waals surface area contributed by atoms with Crippen LogP contribution in [0.2, 0.25) is 0 Å². The molecule has 0 aliphatic carbocycles. The van der Waals surface area contributed by atoms with Crippen molar-refractivity contribution in [3.8, 4) is 11.5 Å². The van der Waals surface area contributed by atoms with Crippen molar-refractivity contribution >= 4 is 16.9 Å². The van der Waals surface area contributed by atoms with Gasteiger partial charge in [-0.25, -0.2) is 9.97 Å². The van der Waals surface area contributed by atoms with Gasteiger partial charge in [-0.2, -0.15) is 13.2 Å². The van der Waals surface area contributed by atoms with Crippen LogP contribution >= 0.6 is 0 Å². The SMILES string of the molecule is COc1cccc(OC)c1CNc1ncnc2[nH]c(C(F)(F)F)cc12. The lowest BCUT2D eigenvalue weighted by molar-refractivity contribution is -0.140. The van der Waals surface area contributed by atoms with Crippen molar-refractivity contribution in [3.63, 3.8) is 0 Å². The summed E-state index contributed by atoms with van der Waals surface area (Å²) in [4.78, 5) is 10.1. The zero-order valence-electron chi connectivity index (χ0n) is 13.4. The van der Waals surface area contributed by atoms with Crippen molar-refractivity contribution in [3.05, 3.63) is 41.9 Å². The van der Waals surface area contributed by atoms with Gasteiger partial charge in [-0.05, 0) is 18.2 Å². The van der Waals surface area contributed by atoms with E-state index in [4.69, 9.17) is 9.47 Å². The van der Waals surface area contributed by atoms with E-state index in [0.717, 1.165) is 11.6 Å². The molecule has 0 aliphatic rings. The Labute approximate surface area is 141 Å². The molecule has 2 N–H and O–H groups in total. The second-order valence-corrected chi connectivity index (χ2v) is 5.16. The lowest BCUT2D eigenvalue weighted by atomic mass is 10.1. The van der Waals surface area contributed by atoms with Gasteiger partial charge in [0.15, 0.2) is 0 Å². The average Bonchev–Trinajstić information content (AvgIpc) is 3.04. The zero-order chi connectivity index (χ0) is 18.0. The first-order valence-corrected chi connectivity index (χ1v) is 7.28. The minimum absolute atomic E-state index is 0.108. The van der Waals surface area contributed by atoms with E-state index < -0.39 is 11.9 Å². The topological polar surface area (TPSA) is 72.1 Å². The molecule has 6 nitrogen and oxygen atoms in total. The summed E-state index contributed by atoms with van der Waals surface area (Å²) in [6, 6.07) is 6.31. The van der Waals surface area contributed by atoms with Crippen LogP contribution in [0.1, 0.15) is 11.3 Å². The highest BCUT2D eigenvalue weighted by molar-refractivity contribution is 5.87. The highest BCUT2D eigenvalue weighted by Gasteiger charge is 2.33. The molecule has 0 spiro atoms. The first-order valence-electron chi connectivity index (χ1n) is 7.28. The molecule has 0 unspecified atom stereocenters. The summed E-state index contributed by atoms with van der Waals surface area (Å²) in [5, 5.41) is 3.27. The van der Waals surface area contributed by atoms with Crippen LogP contribution in [0.3, 0.4) is 0 Å². The predicted octanol–water partition coefficient (Wildman–Crippen LogP) is 3.61. The van der Waals surface area contributed by atoms with Crippen molar-refractivity contribution in [1.82, 2.24) is 15.0 Å². The van der Waals surface area contributed by atoms with Crippen LogP contribution in [-0.4, -0.2) is 29.2 Å². The Morgan fingerprint density at radius 2 is 1.80 bits per heavy atom. The van der Waals surface area contributed by atoms with Gasteiger partial charge in [-0.1, -0.05) is 6.07 Å². The van der Waals surface area contributed by atoms with E-state index in [1.54, 1.807) is 18.2 Å². The smallest absolute Gasteiger partial charge is 0.431 e. The summed E-state index contributed by atoms with van der Waals surface area (Å²) < 4.78 is 49.2. The number of H-pyrrole nitrogens is 1. The van der Waals surface area contributed by atoms with Crippen molar-refractivity contribution in [2.45, 2.75) is 12.7 Å². The molecule has 3 rings (SSSR count). The molecule has 25 heavy (non-hydrogen) atoms. The minimum Gasteiger partial charge on any atom is -0.496 e.